The van der Waals surface area contributed by atoms with Crippen LogP contribution in [0.5, 0.6) is 11.6 Å². The number of amides is 4. The van der Waals surface area contributed by atoms with Crippen molar-refractivity contribution in [2.24, 2.45) is 29.1 Å². The van der Waals surface area contributed by atoms with E-state index in [1.165, 1.54) is 18.9 Å². The summed E-state index contributed by atoms with van der Waals surface area (Å²) >= 11 is 0. The molecule has 0 spiro atoms. The number of benzene rings is 1. The lowest BCUT2D eigenvalue weighted by Gasteiger charge is -2.36. The van der Waals surface area contributed by atoms with E-state index in [0.717, 1.165) is 38.5 Å². The Bertz CT molecular complexity index is 2150. The fraction of sp³-hybridized carbons (Fsp3) is 0.707. The Morgan fingerprint density at radius 1 is 1.03 bits per heavy atom. The molecule has 2 aromatic rings. The van der Waals surface area contributed by atoms with Crippen LogP contribution in [0.2, 0.25) is 0 Å². The number of fused-ring (bicyclic) bond motifs is 7. The zero-order chi connectivity index (χ0) is 42.2. The Labute approximate surface area is 342 Å². The fourth-order valence-electron chi connectivity index (χ4n) is 9.36. The average Bonchev–Trinajstić information content (AvgIpc) is 4.13. The quantitative estimate of drug-likeness (QED) is 0.358. The van der Waals surface area contributed by atoms with Crippen LogP contribution in [0.1, 0.15) is 97.6 Å². The number of sulfonamides is 1. The smallest absolute Gasteiger partial charge is 0.408 e. The van der Waals surface area contributed by atoms with E-state index in [-0.39, 0.29) is 36.8 Å². The van der Waals surface area contributed by atoms with Crippen molar-refractivity contribution in [3.05, 3.63) is 23.9 Å². The van der Waals surface area contributed by atoms with Gasteiger partial charge in [0.05, 0.1) is 35.4 Å². The molecule has 2 aliphatic heterocycles. The van der Waals surface area contributed by atoms with Crippen molar-refractivity contribution < 1.29 is 50.6 Å². The van der Waals surface area contributed by atoms with Crippen molar-refractivity contribution in [1.29, 1.82) is 0 Å². The maximum Gasteiger partial charge on any atom is 0.408 e. The predicted octanol–water partition coefficient (Wildman–Crippen LogP) is 4.41. The van der Waals surface area contributed by atoms with Gasteiger partial charge in [-0.15, -0.1) is 0 Å². The van der Waals surface area contributed by atoms with Gasteiger partial charge in [-0.1, -0.05) is 33.6 Å². The van der Waals surface area contributed by atoms with Gasteiger partial charge in [0, 0.05) is 12.5 Å². The lowest BCUT2D eigenvalue weighted by molar-refractivity contribution is -0.143. The number of rotatable bonds is 7. The lowest BCUT2D eigenvalue weighted by Crippen LogP contribution is -2.60. The second kappa shape index (κ2) is 15.0. The highest BCUT2D eigenvalue weighted by Crippen LogP contribution is 2.57. The molecule has 4 aliphatic carbocycles. The summed E-state index contributed by atoms with van der Waals surface area (Å²) in [7, 11) is -2.70. The first-order chi connectivity index (χ1) is 27.8. The molecule has 0 radical (unpaired) electrons. The summed E-state index contributed by atoms with van der Waals surface area (Å²) < 4.78 is 73.4. The molecule has 2 bridgehead atoms. The van der Waals surface area contributed by atoms with Crippen LogP contribution >= 0.6 is 0 Å². The van der Waals surface area contributed by atoms with E-state index >= 15 is 0 Å². The SMILES string of the molecule is COc1ccc2nc3c(nc2c1)O[C@@H]1C[C@@H](C(=O)N[C@]2(C(=O)NS(=O)(=O)C4(C)CC4)CC2C(F)F)N(C1)C(=O)[C@H](C(C)(C)C)NC(=O)O[C@H]1[C@H](CCCCC3)C[C@H]2C[C@H]21. The Balaban J connectivity index is 1.13. The van der Waals surface area contributed by atoms with Crippen LogP contribution in [0, 0.1) is 29.1 Å². The molecule has 4 saturated carbocycles. The number of methoxy groups -OCH3 is 1. The number of aryl methyl sites for hydroxylation is 1. The van der Waals surface area contributed by atoms with E-state index in [9.17, 15) is 36.4 Å². The second-order valence-corrected chi connectivity index (χ2v) is 21.1. The van der Waals surface area contributed by atoms with Crippen LogP contribution < -0.4 is 24.8 Å². The molecule has 4 amide bonds. The van der Waals surface area contributed by atoms with Gasteiger partial charge in [0.2, 0.25) is 34.1 Å². The Hall–Kier alpha value is -4.35. The summed E-state index contributed by atoms with van der Waals surface area (Å²) in [5, 5.41) is 5.28. The van der Waals surface area contributed by atoms with E-state index in [1.54, 1.807) is 32.9 Å². The highest BCUT2D eigenvalue weighted by atomic mass is 32.2. The largest absolute Gasteiger partial charge is 0.497 e. The van der Waals surface area contributed by atoms with Crippen molar-refractivity contribution in [2.75, 3.05) is 13.7 Å². The number of hydrogen-bond donors (Lipinski definition) is 3. The minimum absolute atomic E-state index is 0.142. The molecule has 59 heavy (non-hydrogen) atoms. The van der Waals surface area contributed by atoms with Crippen LogP contribution in [-0.4, -0.2) is 102 Å². The van der Waals surface area contributed by atoms with Gasteiger partial charge in [0.25, 0.3) is 5.91 Å². The number of carbonyl (C=O) groups excluding carboxylic acids is 4. The van der Waals surface area contributed by atoms with E-state index in [4.69, 9.17) is 24.2 Å². The number of hydrogen-bond acceptors (Lipinski definition) is 11. The monoisotopic (exact) mass is 844 g/mol. The summed E-state index contributed by atoms with van der Waals surface area (Å²) in [6.07, 6.45) is 0.997. The number of alkyl carbamates (subject to hydrolysis) is 1. The van der Waals surface area contributed by atoms with Gasteiger partial charge in [-0.3, -0.25) is 19.1 Å². The molecule has 1 aromatic heterocycles. The third kappa shape index (κ3) is 8.01. The molecule has 8 rings (SSSR count). The molecule has 15 nitrogen and oxygen atoms in total. The molecule has 3 N–H and O–H groups in total. The molecular formula is C41H54F2N6O9S. The van der Waals surface area contributed by atoms with Crippen LogP contribution in [0.4, 0.5) is 13.6 Å². The van der Waals surface area contributed by atoms with E-state index in [1.807, 2.05) is 10.8 Å². The Morgan fingerprint density at radius 2 is 1.80 bits per heavy atom. The molecule has 3 heterocycles. The number of carbonyl (C=O) groups is 4. The zero-order valence-corrected chi connectivity index (χ0v) is 34.9. The van der Waals surface area contributed by atoms with Gasteiger partial charge in [-0.25, -0.2) is 32.0 Å². The first-order valence-electron chi connectivity index (χ1n) is 20.8. The fourth-order valence-corrected chi connectivity index (χ4v) is 10.7. The van der Waals surface area contributed by atoms with Crippen LogP contribution in [0.3, 0.4) is 0 Å². The molecule has 1 saturated heterocycles. The molecule has 1 unspecified atom stereocenters. The average molecular weight is 845 g/mol. The zero-order valence-electron chi connectivity index (χ0n) is 34.1. The minimum atomic E-state index is -4.23. The highest BCUT2D eigenvalue weighted by Gasteiger charge is 2.67. The third-order valence-corrected chi connectivity index (χ3v) is 15.7. The van der Waals surface area contributed by atoms with Crippen molar-refractivity contribution in [1.82, 2.24) is 30.2 Å². The van der Waals surface area contributed by atoms with E-state index in [0.29, 0.717) is 47.7 Å². The third-order valence-electron chi connectivity index (χ3n) is 13.5. The van der Waals surface area contributed by atoms with Crippen molar-refractivity contribution in [3.63, 3.8) is 0 Å². The van der Waals surface area contributed by atoms with Crippen LogP contribution in [0.25, 0.3) is 11.0 Å². The van der Waals surface area contributed by atoms with Crippen LogP contribution in [-0.2, 0) is 35.6 Å². The normalized spacial score (nSPS) is 32.9. The molecular weight excluding hydrogens is 791 g/mol. The molecule has 9 atom stereocenters. The van der Waals surface area contributed by atoms with Gasteiger partial charge in [-0.2, -0.15) is 0 Å². The second-order valence-electron chi connectivity index (χ2n) is 18.9. The summed E-state index contributed by atoms with van der Waals surface area (Å²) in [4.78, 5) is 67.5. The maximum absolute atomic E-state index is 14.8. The minimum Gasteiger partial charge on any atom is -0.497 e. The molecule has 18 heteroatoms. The number of nitrogens with zero attached hydrogens (tertiary/aromatic N) is 3. The number of halogens is 2. The summed E-state index contributed by atoms with van der Waals surface area (Å²) in [5.74, 6) is -2.74. The van der Waals surface area contributed by atoms with Gasteiger partial charge >= 0.3 is 6.09 Å². The van der Waals surface area contributed by atoms with Gasteiger partial charge in [-0.05, 0) is 93.6 Å². The highest BCUT2D eigenvalue weighted by molar-refractivity contribution is 7.91. The van der Waals surface area contributed by atoms with Gasteiger partial charge < -0.3 is 29.7 Å². The first-order valence-corrected chi connectivity index (χ1v) is 22.3. The topological polar surface area (TPSA) is 195 Å². The number of nitrogens with one attached hydrogen (secondary N) is 3. The van der Waals surface area contributed by atoms with Crippen molar-refractivity contribution in [2.45, 2.75) is 139 Å². The Kier molecular flexibility index (Phi) is 10.5. The first kappa shape index (κ1) is 41.4. The number of ether oxygens (including phenoxy) is 3. The standard InChI is InChI=1S/C41H54F2N6O9S/c1-39(2,3)32-36(51)49-20-24(18-30(49)34(50)47-41(19-26(41)33(42)43)37(52)48-59(54,55)40(4)13-14-40)57-35-28(44-27-12-11-23(56-5)17-29(27)45-35)10-8-6-7-9-21-15-22-16-25(22)31(21)58-38(53)46-32/h11-12,17,21-22,24-26,30-33H,6-10,13-16,18-20H2,1-5H3,(H,46,53)(H,47,50)(H,48,52)/t21-,22+,24-,25-,26?,30+,31+,32-,41-/m1/s1. The lowest BCUT2D eigenvalue weighted by atomic mass is 9.85. The van der Waals surface area contributed by atoms with Crippen LogP contribution in [0.15, 0.2) is 18.2 Å². The van der Waals surface area contributed by atoms with Crippen molar-refractivity contribution >= 4 is 44.9 Å². The summed E-state index contributed by atoms with van der Waals surface area (Å²) in [6, 6.07) is 2.75. The van der Waals surface area contributed by atoms with E-state index in [2.05, 4.69) is 10.6 Å². The predicted molar refractivity (Wildman–Crippen MR) is 209 cm³/mol. The summed E-state index contributed by atoms with van der Waals surface area (Å²) in [6.45, 7) is 6.57. The number of aromatic nitrogens is 2. The molecule has 322 valence electrons. The van der Waals surface area contributed by atoms with E-state index < -0.39 is 86.5 Å². The summed E-state index contributed by atoms with van der Waals surface area (Å²) in [5.41, 5.74) is -1.40. The molecule has 1 aromatic carbocycles. The van der Waals surface area contributed by atoms with Crippen molar-refractivity contribution in [3.8, 4) is 11.6 Å². The number of alkyl halides is 2. The molecule has 6 aliphatic rings. The van der Waals surface area contributed by atoms with Gasteiger partial charge in [0.1, 0.15) is 41.3 Å². The van der Waals surface area contributed by atoms with Gasteiger partial charge in [0.15, 0.2) is 0 Å². The molecule has 5 fully saturated rings. The Morgan fingerprint density at radius 3 is 2.47 bits per heavy atom. The maximum atomic E-state index is 14.8.